The average molecular weight is 579 g/mol. The lowest BCUT2D eigenvalue weighted by molar-refractivity contribution is 0.00573. The molecule has 2 aliphatic heterocycles. The van der Waals surface area contributed by atoms with Gasteiger partial charge in [0.1, 0.15) is 46.7 Å². The first kappa shape index (κ1) is 27.0. The van der Waals surface area contributed by atoms with Gasteiger partial charge in [-0.15, -0.1) is 0 Å². The molecule has 0 bridgehead atoms. The summed E-state index contributed by atoms with van der Waals surface area (Å²) >= 11 is 0. The van der Waals surface area contributed by atoms with Crippen LogP contribution in [-0.2, 0) is 6.42 Å². The van der Waals surface area contributed by atoms with Crippen molar-refractivity contribution in [1.29, 1.82) is 0 Å². The molecule has 0 saturated carbocycles. The van der Waals surface area contributed by atoms with E-state index in [1.807, 2.05) is 0 Å². The Balaban J connectivity index is 1.47. The second-order valence-corrected chi connectivity index (χ2v) is 10.3. The van der Waals surface area contributed by atoms with Crippen molar-refractivity contribution in [2.75, 3.05) is 0 Å². The molecule has 0 unspecified atom stereocenters. The number of benzene rings is 4. The first-order valence-electron chi connectivity index (χ1n) is 12.8. The van der Waals surface area contributed by atoms with Gasteiger partial charge in [-0.1, -0.05) is 12.1 Å². The molecule has 12 heteroatoms. The number of aliphatic hydroxyl groups excluding tert-OH is 2. The lowest BCUT2D eigenvalue weighted by Gasteiger charge is -2.39. The zero-order valence-corrected chi connectivity index (χ0v) is 21.6. The molecular weight excluding hydrogens is 552 g/mol. The van der Waals surface area contributed by atoms with Gasteiger partial charge in [0.25, 0.3) is 0 Å². The van der Waals surface area contributed by atoms with Crippen LogP contribution in [0.2, 0.25) is 0 Å². The van der Waals surface area contributed by atoms with Gasteiger partial charge in [0.2, 0.25) is 0 Å². The molecule has 0 radical (unpaired) electrons. The Morgan fingerprint density at radius 3 is 1.74 bits per heavy atom. The van der Waals surface area contributed by atoms with Gasteiger partial charge in [0.15, 0.2) is 29.1 Å². The van der Waals surface area contributed by atoms with Gasteiger partial charge in [-0.2, -0.15) is 0 Å². The lowest BCUT2D eigenvalue weighted by atomic mass is 9.77. The molecule has 0 aliphatic carbocycles. The molecule has 2 aliphatic rings. The van der Waals surface area contributed by atoms with Crippen LogP contribution in [0, 0.1) is 0 Å². The van der Waals surface area contributed by atoms with Gasteiger partial charge < -0.3 is 60.5 Å². The van der Waals surface area contributed by atoms with Crippen LogP contribution in [0.25, 0.3) is 0 Å². The highest BCUT2D eigenvalue weighted by Crippen LogP contribution is 2.56. The van der Waals surface area contributed by atoms with E-state index in [0.717, 1.165) is 12.1 Å². The van der Waals surface area contributed by atoms with Gasteiger partial charge in [0, 0.05) is 41.3 Å². The number of hydrogen-bond acceptors (Lipinski definition) is 12. The summed E-state index contributed by atoms with van der Waals surface area (Å²) < 4.78 is 11.8. The summed E-state index contributed by atoms with van der Waals surface area (Å²) in [5.41, 5.74) is 0.333. The highest BCUT2D eigenvalue weighted by molar-refractivity contribution is 5.65. The highest BCUT2D eigenvalue weighted by atomic mass is 16.5. The van der Waals surface area contributed by atoms with E-state index in [4.69, 9.17) is 9.47 Å². The normalized spacial score (nSPS) is 22.9. The summed E-state index contributed by atoms with van der Waals surface area (Å²) in [6.07, 6.45) is -5.31. The van der Waals surface area contributed by atoms with E-state index in [-0.39, 0.29) is 51.7 Å². The number of fused-ring (bicyclic) bond motifs is 2. The fraction of sp³-hybridized carbons (Fsp3) is 0.200. The molecule has 12 nitrogen and oxygen atoms in total. The number of ether oxygens (including phenoxy) is 2. The van der Waals surface area contributed by atoms with Crippen molar-refractivity contribution >= 4 is 0 Å². The molecule has 218 valence electrons. The van der Waals surface area contributed by atoms with Crippen molar-refractivity contribution in [3.8, 4) is 57.5 Å². The maximum Gasteiger partial charge on any atom is 0.157 e. The van der Waals surface area contributed by atoms with E-state index in [1.54, 1.807) is 0 Å². The van der Waals surface area contributed by atoms with Gasteiger partial charge in [-0.3, -0.25) is 0 Å². The monoisotopic (exact) mass is 578 g/mol. The summed E-state index contributed by atoms with van der Waals surface area (Å²) in [5.74, 6) is -5.07. The Hall–Kier alpha value is -5.20. The van der Waals surface area contributed by atoms with Crippen LogP contribution in [0.15, 0.2) is 54.6 Å². The third-order valence-electron chi connectivity index (χ3n) is 7.69. The van der Waals surface area contributed by atoms with Crippen molar-refractivity contribution in [1.82, 2.24) is 0 Å². The van der Waals surface area contributed by atoms with Crippen LogP contribution in [0.3, 0.4) is 0 Å². The fourth-order valence-electron chi connectivity index (χ4n) is 5.70. The standard InChI is InChI=1S/C30H26O12/c31-13-7-19(36)24-23(8-13)42-30(12-2-4-16(33)18(35)6-12)28(40)26(24)25-20(37)10-22-14(27(25)39)9-21(38)29(41-22)11-1-3-15(32)17(34)5-11/h1-8,10,21,26,28-40H,9H2/t21-,26+,28-,29+,30-/m1/s1. The minimum Gasteiger partial charge on any atom is -0.508 e. The van der Waals surface area contributed by atoms with E-state index < -0.39 is 64.8 Å². The third kappa shape index (κ3) is 4.24. The Bertz CT molecular complexity index is 1720. The number of aliphatic hydroxyl groups is 2. The largest absolute Gasteiger partial charge is 0.508 e. The molecular formula is C30H26O12. The second kappa shape index (κ2) is 9.72. The van der Waals surface area contributed by atoms with Crippen LogP contribution < -0.4 is 9.47 Å². The number of rotatable bonds is 3. The van der Waals surface area contributed by atoms with E-state index in [9.17, 15) is 51.1 Å². The van der Waals surface area contributed by atoms with E-state index in [1.165, 1.54) is 42.5 Å². The Morgan fingerprint density at radius 1 is 0.548 bits per heavy atom. The average Bonchev–Trinajstić information content (AvgIpc) is 2.93. The molecule has 0 amide bonds. The number of phenolic OH excluding ortho intramolecular Hbond substituents is 8. The van der Waals surface area contributed by atoms with Crippen molar-refractivity contribution < 1.29 is 60.5 Å². The maximum atomic E-state index is 11.6. The Labute approximate surface area is 237 Å². The lowest BCUT2D eigenvalue weighted by Crippen LogP contribution is -2.35. The molecule has 5 atom stereocenters. The zero-order valence-electron chi connectivity index (χ0n) is 21.6. The van der Waals surface area contributed by atoms with E-state index in [2.05, 4.69) is 0 Å². The molecule has 10 N–H and O–H groups in total. The van der Waals surface area contributed by atoms with Crippen molar-refractivity contribution in [3.63, 3.8) is 0 Å². The van der Waals surface area contributed by atoms with Crippen LogP contribution >= 0.6 is 0 Å². The van der Waals surface area contributed by atoms with Gasteiger partial charge in [-0.05, 0) is 35.4 Å². The predicted molar refractivity (Wildman–Crippen MR) is 143 cm³/mol. The van der Waals surface area contributed by atoms with Crippen molar-refractivity contribution in [2.45, 2.75) is 36.8 Å². The molecule has 0 spiro atoms. The second-order valence-electron chi connectivity index (χ2n) is 10.3. The van der Waals surface area contributed by atoms with Gasteiger partial charge in [0.05, 0.1) is 12.0 Å². The molecule has 4 aromatic carbocycles. The van der Waals surface area contributed by atoms with Crippen LogP contribution in [-0.4, -0.2) is 63.3 Å². The molecule has 6 rings (SSSR count). The molecule has 0 fully saturated rings. The summed E-state index contributed by atoms with van der Waals surface area (Å²) in [6, 6.07) is 11.0. The minimum absolute atomic E-state index is 0.00771. The first-order chi connectivity index (χ1) is 19.9. The van der Waals surface area contributed by atoms with Gasteiger partial charge in [-0.25, -0.2) is 0 Å². The first-order valence-corrected chi connectivity index (χ1v) is 12.8. The molecule has 2 heterocycles. The number of hydrogen-bond donors (Lipinski definition) is 10. The smallest absolute Gasteiger partial charge is 0.157 e. The van der Waals surface area contributed by atoms with Gasteiger partial charge >= 0.3 is 0 Å². The van der Waals surface area contributed by atoms with E-state index >= 15 is 0 Å². The quantitative estimate of drug-likeness (QED) is 0.159. The summed E-state index contributed by atoms with van der Waals surface area (Å²) in [6.45, 7) is 0. The molecule has 0 aromatic heterocycles. The van der Waals surface area contributed by atoms with Crippen LogP contribution in [0.5, 0.6) is 57.5 Å². The summed E-state index contributed by atoms with van der Waals surface area (Å²) in [5, 5.41) is 105. The molecule has 4 aromatic rings. The zero-order chi connectivity index (χ0) is 30.0. The SMILES string of the molecule is Oc1cc(O)c2c(c1)O[C@H](c1ccc(O)c(O)c1)[C@H](O)[C@@H]2c1c(O)cc2c(c1O)C[C@@H](O)[C@H](c1ccc(O)c(O)c1)O2. The maximum absolute atomic E-state index is 11.6. The minimum atomic E-state index is -1.60. The summed E-state index contributed by atoms with van der Waals surface area (Å²) in [4.78, 5) is 0. The molecule has 42 heavy (non-hydrogen) atoms. The van der Waals surface area contributed by atoms with Crippen LogP contribution in [0.4, 0.5) is 0 Å². The third-order valence-corrected chi connectivity index (χ3v) is 7.69. The number of aromatic hydroxyl groups is 8. The molecule has 0 saturated heterocycles. The Kier molecular flexibility index (Phi) is 6.24. The summed E-state index contributed by atoms with van der Waals surface area (Å²) in [7, 11) is 0. The van der Waals surface area contributed by atoms with Crippen LogP contribution in [0.1, 0.15) is 45.9 Å². The van der Waals surface area contributed by atoms with E-state index in [0.29, 0.717) is 5.56 Å². The van der Waals surface area contributed by atoms with Crippen molar-refractivity contribution in [3.05, 3.63) is 82.4 Å². The predicted octanol–water partition coefficient (Wildman–Crippen LogP) is 3.00. The van der Waals surface area contributed by atoms with Crippen molar-refractivity contribution in [2.24, 2.45) is 0 Å². The topological polar surface area (TPSA) is 221 Å². The fourth-order valence-corrected chi connectivity index (χ4v) is 5.70. The Morgan fingerprint density at radius 2 is 1.12 bits per heavy atom. The number of phenols is 8. The highest BCUT2D eigenvalue weighted by Gasteiger charge is 2.45.